The van der Waals surface area contributed by atoms with Gasteiger partial charge in [-0.2, -0.15) is 13.2 Å². The van der Waals surface area contributed by atoms with Crippen molar-refractivity contribution < 1.29 is 22.7 Å². The maximum atomic E-state index is 12.7. The number of carbonyl (C=O) groups excluding carboxylic acids is 1. The zero-order valence-electron chi connectivity index (χ0n) is 15.3. The number of hydrogen-bond donors (Lipinski definition) is 2. The third-order valence-corrected chi connectivity index (χ3v) is 4.08. The van der Waals surface area contributed by atoms with E-state index in [2.05, 4.69) is 10.6 Å². The average molecular weight is 380 g/mol. The molecule has 0 radical (unpaired) electrons. The number of methoxy groups -OCH3 is 1. The summed E-state index contributed by atoms with van der Waals surface area (Å²) < 4.78 is 43.2. The number of anilines is 1. The molecule has 0 bridgehead atoms. The second-order valence-electron chi connectivity index (χ2n) is 6.29. The molecule has 146 valence electrons. The Balaban J connectivity index is 1.76. The molecule has 0 aliphatic rings. The quantitative estimate of drug-likeness (QED) is 0.719. The standard InChI is InChI=1S/C20H23F3N2O2/c1-14(6-7-15-8-10-18(27-2)11-9-15)25-19(26)13-24-17-5-3-4-16(12-17)20(21,22)23/h3-5,8-12,14,24H,6-7,13H2,1-2H3,(H,25,26). The summed E-state index contributed by atoms with van der Waals surface area (Å²) in [5.41, 5.74) is 0.644. The summed E-state index contributed by atoms with van der Waals surface area (Å²) >= 11 is 0. The van der Waals surface area contributed by atoms with Crippen molar-refractivity contribution in [2.24, 2.45) is 0 Å². The van der Waals surface area contributed by atoms with E-state index in [9.17, 15) is 18.0 Å². The van der Waals surface area contributed by atoms with Gasteiger partial charge in [0, 0.05) is 11.7 Å². The number of alkyl halides is 3. The number of hydrogen-bond acceptors (Lipinski definition) is 3. The summed E-state index contributed by atoms with van der Waals surface area (Å²) in [7, 11) is 1.61. The lowest BCUT2D eigenvalue weighted by Gasteiger charge is -2.15. The van der Waals surface area contributed by atoms with E-state index in [4.69, 9.17) is 4.74 Å². The predicted octanol–water partition coefficient (Wildman–Crippen LogP) is 4.26. The average Bonchev–Trinajstić information content (AvgIpc) is 2.64. The fourth-order valence-electron chi connectivity index (χ4n) is 2.56. The van der Waals surface area contributed by atoms with Gasteiger partial charge in [0.05, 0.1) is 19.2 Å². The summed E-state index contributed by atoms with van der Waals surface area (Å²) in [6, 6.07) is 12.5. The number of rotatable bonds is 8. The van der Waals surface area contributed by atoms with Gasteiger partial charge in [-0.15, -0.1) is 0 Å². The lowest BCUT2D eigenvalue weighted by Crippen LogP contribution is -2.36. The van der Waals surface area contributed by atoms with Crippen LogP contribution >= 0.6 is 0 Å². The van der Waals surface area contributed by atoms with Gasteiger partial charge in [-0.25, -0.2) is 0 Å². The second kappa shape index (κ2) is 9.30. The highest BCUT2D eigenvalue weighted by Gasteiger charge is 2.30. The normalized spacial score (nSPS) is 12.3. The van der Waals surface area contributed by atoms with E-state index < -0.39 is 11.7 Å². The Morgan fingerprint density at radius 2 is 1.85 bits per heavy atom. The number of nitrogens with one attached hydrogen (secondary N) is 2. The highest BCUT2D eigenvalue weighted by atomic mass is 19.4. The van der Waals surface area contributed by atoms with Gasteiger partial charge in [-0.3, -0.25) is 4.79 Å². The lowest BCUT2D eigenvalue weighted by atomic mass is 10.1. The molecule has 2 N–H and O–H groups in total. The first-order valence-corrected chi connectivity index (χ1v) is 8.61. The van der Waals surface area contributed by atoms with E-state index in [0.29, 0.717) is 0 Å². The van der Waals surface area contributed by atoms with E-state index in [1.165, 1.54) is 12.1 Å². The van der Waals surface area contributed by atoms with Gasteiger partial charge in [-0.05, 0) is 55.7 Å². The van der Waals surface area contributed by atoms with Crippen LogP contribution < -0.4 is 15.4 Å². The summed E-state index contributed by atoms with van der Waals surface area (Å²) in [6.45, 7) is 1.81. The van der Waals surface area contributed by atoms with Crippen LogP contribution in [0.1, 0.15) is 24.5 Å². The van der Waals surface area contributed by atoms with Crippen molar-refractivity contribution in [3.63, 3.8) is 0 Å². The first-order chi connectivity index (χ1) is 12.8. The minimum Gasteiger partial charge on any atom is -0.497 e. The second-order valence-corrected chi connectivity index (χ2v) is 6.29. The minimum atomic E-state index is -4.41. The fourth-order valence-corrected chi connectivity index (χ4v) is 2.56. The summed E-state index contributed by atoms with van der Waals surface area (Å²) in [6.07, 6.45) is -2.86. The highest BCUT2D eigenvalue weighted by Crippen LogP contribution is 2.30. The molecule has 2 rings (SSSR count). The van der Waals surface area contributed by atoms with Crippen LogP contribution in [0.5, 0.6) is 5.75 Å². The maximum absolute atomic E-state index is 12.7. The van der Waals surface area contributed by atoms with Crippen LogP contribution in [-0.4, -0.2) is 25.6 Å². The molecule has 27 heavy (non-hydrogen) atoms. The Labute approximate surface area is 156 Å². The van der Waals surface area contributed by atoms with Crippen molar-refractivity contribution in [3.8, 4) is 5.75 Å². The number of ether oxygens (including phenoxy) is 1. The number of benzene rings is 2. The number of halogens is 3. The van der Waals surface area contributed by atoms with E-state index in [1.807, 2.05) is 31.2 Å². The van der Waals surface area contributed by atoms with Crippen LogP contribution in [0.15, 0.2) is 48.5 Å². The Morgan fingerprint density at radius 1 is 1.15 bits per heavy atom. The first kappa shape index (κ1) is 20.6. The third-order valence-electron chi connectivity index (χ3n) is 4.08. The van der Waals surface area contributed by atoms with Crippen molar-refractivity contribution in [1.29, 1.82) is 0 Å². The van der Waals surface area contributed by atoms with E-state index >= 15 is 0 Å². The molecule has 4 nitrogen and oxygen atoms in total. The van der Waals surface area contributed by atoms with Crippen LogP contribution in [0.4, 0.5) is 18.9 Å². The van der Waals surface area contributed by atoms with Crippen LogP contribution in [0.3, 0.4) is 0 Å². The van der Waals surface area contributed by atoms with Crippen molar-refractivity contribution in [2.75, 3.05) is 19.0 Å². The van der Waals surface area contributed by atoms with Crippen LogP contribution in [0, 0.1) is 0 Å². The molecule has 0 saturated carbocycles. The number of amides is 1. The molecule has 2 aromatic rings. The van der Waals surface area contributed by atoms with Crippen molar-refractivity contribution in [1.82, 2.24) is 5.32 Å². The molecule has 0 saturated heterocycles. The first-order valence-electron chi connectivity index (χ1n) is 8.61. The zero-order valence-corrected chi connectivity index (χ0v) is 15.3. The van der Waals surface area contributed by atoms with Gasteiger partial charge in [-0.1, -0.05) is 18.2 Å². The van der Waals surface area contributed by atoms with Crippen molar-refractivity contribution >= 4 is 11.6 Å². The Kier molecular flexibility index (Phi) is 7.10. The highest BCUT2D eigenvalue weighted by molar-refractivity contribution is 5.80. The molecule has 1 unspecified atom stereocenters. The Hall–Kier alpha value is -2.70. The molecule has 1 amide bonds. The van der Waals surface area contributed by atoms with Crippen molar-refractivity contribution in [3.05, 3.63) is 59.7 Å². The molecular formula is C20H23F3N2O2. The Morgan fingerprint density at radius 3 is 2.48 bits per heavy atom. The predicted molar refractivity (Wildman–Crippen MR) is 98.9 cm³/mol. The number of carbonyl (C=O) groups is 1. The molecule has 0 aromatic heterocycles. The Bertz CT molecular complexity index is 746. The molecule has 0 fully saturated rings. The maximum Gasteiger partial charge on any atom is 0.416 e. The molecule has 7 heteroatoms. The zero-order chi connectivity index (χ0) is 19.9. The topological polar surface area (TPSA) is 50.4 Å². The third kappa shape index (κ3) is 6.84. The van der Waals surface area contributed by atoms with Gasteiger partial charge in [0.2, 0.25) is 5.91 Å². The molecule has 2 aromatic carbocycles. The smallest absolute Gasteiger partial charge is 0.416 e. The monoisotopic (exact) mass is 380 g/mol. The van der Waals surface area contributed by atoms with Crippen molar-refractivity contribution in [2.45, 2.75) is 32.0 Å². The van der Waals surface area contributed by atoms with Crippen LogP contribution in [0.25, 0.3) is 0 Å². The van der Waals surface area contributed by atoms with E-state index in [-0.39, 0.29) is 24.2 Å². The van der Waals surface area contributed by atoms with Crippen LogP contribution in [-0.2, 0) is 17.4 Å². The summed E-state index contributed by atoms with van der Waals surface area (Å²) in [5.74, 6) is 0.524. The van der Waals surface area contributed by atoms with Gasteiger partial charge < -0.3 is 15.4 Å². The number of aryl methyl sites for hydroxylation is 1. The summed E-state index contributed by atoms with van der Waals surface area (Å²) in [4.78, 5) is 12.0. The van der Waals surface area contributed by atoms with Gasteiger partial charge in [0.25, 0.3) is 0 Å². The molecule has 0 aliphatic carbocycles. The van der Waals surface area contributed by atoms with Gasteiger partial charge in [0.1, 0.15) is 5.75 Å². The minimum absolute atomic E-state index is 0.0529. The van der Waals surface area contributed by atoms with E-state index in [0.717, 1.165) is 36.3 Å². The van der Waals surface area contributed by atoms with Crippen LogP contribution in [0.2, 0.25) is 0 Å². The summed E-state index contributed by atoms with van der Waals surface area (Å²) in [5, 5.41) is 5.56. The largest absolute Gasteiger partial charge is 0.497 e. The molecule has 0 spiro atoms. The van der Waals surface area contributed by atoms with Gasteiger partial charge in [0.15, 0.2) is 0 Å². The molecule has 0 aliphatic heterocycles. The molecule has 0 heterocycles. The molecular weight excluding hydrogens is 357 g/mol. The lowest BCUT2D eigenvalue weighted by molar-refractivity contribution is -0.137. The van der Waals surface area contributed by atoms with E-state index in [1.54, 1.807) is 7.11 Å². The molecule has 1 atom stereocenters. The van der Waals surface area contributed by atoms with Gasteiger partial charge >= 0.3 is 6.18 Å². The fraction of sp³-hybridized carbons (Fsp3) is 0.350. The SMILES string of the molecule is COc1ccc(CCC(C)NC(=O)CNc2cccc(C(F)(F)F)c2)cc1.